The summed E-state index contributed by atoms with van der Waals surface area (Å²) in [5.41, 5.74) is 2.51. The molecule has 2 aromatic rings. The Hall–Kier alpha value is -1.96. The minimum absolute atomic E-state index is 0.140. The number of hydrogen-bond donors (Lipinski definition) is 1. The minimum atomic E-state index is 0.140. The molecule has 1 aliphatic rings. The zero-order valence-electron chi connectivity index (χ0n) is 8.18. The Balaban J connectivity index is 2.10. The van der Waals surface area contributed by atoms with Crippen molar-refractivity contribution < 1.29 is 4.42 Å². The normalized spacial score (nSPS) is 18.3. The van der Waals surface area contributed by atoms with Gasteiger partial charge in [-0.2, -0.15) is 0 Å². The van der Waals surface area contributed by atoms with Gasteiger partial charge in [-0.1, -0.05) is 24.3 Å². The molecule has 0 saturated carbocycles. The predicted molar refractivity (Wildman–Crippen MR) is 59.2 cm³/mol. The van der Waals surface area contributed by atoms with E-state index in [2.05, 4.69) is 29.6 Å². The van der Waals surface area contributed by atoms with Crippen molar-refractivity contribution in [3.05, 3.63) is 65.7 Å². The van der Waals surface area contributed by atoms with Gasteiger partial charge in [-0.05, 0) is 35.5 Å². The van der Waals surface area contributed by atoms with E-state index in [0.717, 1.165) is 5.76 Å². The highest BCUT2D eigenvalue weighted by atomic mass is 16.3. The van der Waals surface area contributed by atoms with Crippen molar-refractivity contribution >= 4 is 6.08 Å². The first-order valence-electron chi connectivity index (χ1n) is 5.00. The van der Waals surface area contributed by atoms with Crippen LogP contribution >= 0.6 is 0 Å². The van der Waals surface area contributed by atoms with Crippen LogP contribution in [-0.4, -0.2) is 0 Å². The van der Waals surface area contributed by atoms with Gasteiger partial charge in [0.25, 0.3) is 0 Å². The molecule has 3 rings (SSSR count). The third-order valence-corrected chi connectivity index (χ3v) is 2.66. The minimum Gasteiger partial charge on any atom is -0.467 e. The van der Waals surface area contributed by atoms with Gasteiger partial charge in [-0.15, -0.1) is 0 Å². The van der Waals surface area contributed by atoms with Crippen molar-refractivity contribution in [3.63, 3.8) is 0 Å². The van der Waals surface area contributed by atoms with Crippen LogP contribution in [0.3, 0.4) is 0 Å². The van der Waals surface area contributed by atoms with Gasteiger partial charge in [-0.25, -0.2) is 0 Å². The third-order valence-electron chi connectivity index (χ3n) is 2.66. The summed E-state index contributed by atoms with van der Waals surface area (Å²) in [6.07, 6.45) is 5.75. The molecule has 1 N–H and O–H groups in total. The van der Waals surface area contributed by atoms with Crippen molar-refractivity contribution in [3.8, 4) is 0 Å². The number of nitrogens with one attached hydrogen (secondary N) is 1. The van der Waals surface area contributed by atoms with Crippen LogP contribution in [-0.2, 0) is 0 Å². The van der Waals surface area contributed by atoms with E-state index in [1.165, 1.54) is 11.1 Å². The predicted octanol–water partition coefficient (Wildman–Crippen LogP) is 2.94. The van der Waals surface area contributed by atoms with Gasteiger partial charge in [0.05, 0.1) is 6.26 Å². The molecule has 1 aromatic heterocycles. The standard InChI is InChI=1S/C13H11NO/c1-2-5-11-10(4-1)7-8-14-13(11)12-6-3-9-15-12/h1-9,13-14H/t13-/m1/s1. The summed E-state index contributed by atoms with van der Waals surface area (Å²) in [7, 11) is 0. The first-order chi connectivity index (χ1) is 7.45. The molecular weight excluding hydrogens is 186 g/mol. The second-order valence-corrected chi connectivity index (χ2v) is 3.58. The Labute approximate surface area is 88.2 Å². The number of benzene rings is 1. The summed E-state index contributed by atoms with van der Waals surface area (Å²) in [5, 5.41) is 3.30. The van der Waals surface area contributed by atoms with Crippen molar-refractivity contribution in [1.29, 1.82) is 0 Å². The molecule has 2 nitrogen and oxygen atoms in total. The number of fused-ring (bicyclic) bond motifs is 1. The van der Waals surface area contributed by atoms with Crippen LogP contribution in [0.2, 0.25) is 0 Å². The fourth-order valence-electron chi connectivity index (χ4n) is 1.94. The molecule has 1 aromatic carbocycles. The molecule has 0 fully saturated rings. The van der Waals surface area contributed by atoms with E-state index in [1.807, 2.05) is 24.4 Å². The van der Waals surface area contributed by atoms with Gasteiger partial charge in [0, 0.05) is 0 Å². The largest absolute Gasteiger partial charge is 0.467 e. The van der Waals surface area contributed by atoms with Crippen molar-refractivity contribution in [2.45, 2.75) is 6.04 Å². The van der Waals surface area contributed by atoms with Gasteiger partial charge in [0.1, 0.15) is 11.8 Å². The molecule has 15 heavy (non-hydrogen) atoms. The van der Waals surface area contributed by atoms with E-state index >= 15 is 0 Å². The van der Waals surface area contributed by atoms with Crippen LogP contribution < -0.4 is 5.32 Å². The van der Waals surface area contributed by atoms with Crippen LogP contribution in [0, 0.1) is 0 Å². The Bertz CT molecular complexity index is 485. The van der Waals surface area contributed by atoms with Crippen molar-refractivity contribution in [2.24, 2.45) is 0 Å². The van der Waals surface area contributed by atoms with Crippen LogP contribution in [0.5, 0.6) is 0 Å². The lowest BCUT2D eigenvalue weighted by Gasteiger charge is -2.21. The molecule has 0 amide bonds. The molecule has 0 saturated heterocycles. The highest BCUT2D eigenvalue weighted by molar-refractivity contribution is 5.58. The second-order valence-electron chi connectivity index (χ2n) is 3.58. The fourth-order valence-corrected chi connectivity index (χ4v) is 1.94. The summed E-state index contributed by atoms with van der Waals surface area (Å²) >= 11 is 0. The monoisotopic (exact) mass is 197 g/mol. The maximum atomic E-state index is 5.43. The quantitative estimate of drug-likeness (QED) is 0.760. The van der Waals surface area contributed by atoms with E-state index in [0.29, 0.717) is 0 Å². The third kappa shape index (κ3) is 1.34. The van der Waals surface area contributed by atoms with E-state index in [1.54, 1.807) is 6.26 Å². The molecule has 0 unspecified atom stereocenters. The van der Waals surface area contributed by atoms with E-state index < -0.39 is 0 Å². The van der Waals surface area contributed by atoms with Crippen LogP contribution in [0.25, 0.3) is 6.08 Å². The summed E-state index contributed by atoms with van der Waals surface area (Å²) in [6.45, 7) is 0. The molecule has 74 valence electrons. The summed E-state index contributed by atoms with van der Waals surface area (Å²) in [6, 6.07) is 12.4. The summed E-state index contributed by atoms with van der Waals surface area (Å²) in [5.74, 6) is 0.951. The van der Waals surface area contributed by atoms with E-state index in [9.17, 15) is 0 Å². The van der Waals surface area contributed by atoms with Gasteiger partial charge in [0.2, 0.25) is 0 Å². The zero-order valence-corrected chi connectivity index (χ0v) is 8.18. The summed E-state index contributed by atoms with van der Waals surface area (Å²) < 4.78 is 5.43. The lowest BCUT2D eigenvalue weighted by atomic mass is 9.96. The Morgan fingerprint density at radius 1 is 1.07 bits per heavy atom. The Morgan fingerprint density at radius 2 is 2.00 bits per heavy atom. The smallest absolute Gasteiger partial charge is 0.130 e. The average Bonchev–Trinajstić information content (AvgIpc) is 2.82. The average molecular weight is 197 g/mol. The van der Waals surface area contributed by atoms with E-state index in [-0.39, 0.29) is 6.04 Å². The Morgan fingerprint density at radius 3 is 2.87 bits per heavy atom. The number of rotatable bonds is 1. The second kappa shape index (κ2) is 3.31. The molecule has 1 aliphatic heterocycles. The topological polar surface area (TPSA) is 25.2 Å². The molecule has 2 heteroatoms. The molecule has 0 aliphatic carbocycles. The highest BCUT2D eigenvalue weighted by Crippen LogP contribution is 2.28. The van der Waals surface area contributed by atoms with Gasteiger partial charge in [-0.3, -0.25) is 0 Å². The number of hydrogen-bond acceptors (Lipinski definition) is 2. The van der Waals surface area contributed by atoms with E-state index in [4.69, 9.17) is 4.42 Å². The van der Waals surface area contributed by atoms with Crippen molar-refractivity contribution in [1.82, 2.24) is 5.32 Å². The first kappa shape index (κ1) is 8.36. The fraction of sp³-hybridized carbons (Fsp3) is 0.0769. The molecule has 1 atom stereocenters. The maximum Gasteiger partial charge on any atom is 0.130 e. The number of furan rings is 1. The van der Waals surface area contributed by atoms with Crippen LogP contribution in [0.15, 0.2) is 53.3 Å². The van der Waals surface area contributed by atoms with Crippen molar-refractivity contribution in [2.75, 3.05) is 0 Å². The maximum absolute atomic E-state index is 5.43. The van der Waals surface area contributed by atoms with Gasteiger partial charge in [0.15, 0.2) is 0 Å². The first-order valence-corrected chi connectivity index (χ1v) is 5.00. The van der Waals surface area contributed by atoms with Gasteiger partial charge < -0.3 is 9.73 Å². The van der Waals surface area contributed by atoms with Gasteiger partial charge >= 0.3 is 0 Å². The molecule has 2 heterocycles. The summed E-state index contributed by atoms with van der Waals surface area (Å²) in [4.78, 5) is 0. The molecule has 0 radical (unpaired) electrons. The molecular formula is C13H11NO. The highest BCUT2D eigenvalue weighted by Gasteiger charge is 2.19. The molecule has 0 bridgehead atoms. The molecule has 0 spiro atoms. The van der Waals surface area contributed by atoms with Crippen LogP contribution in [0.1, 0.15) is 22.9 Å². The lowest BCUT2D eigenvalue weighted by Crippen LogP contribution is -2.19. The lowest BCUT2D eigenvalue weighted by molar-refractivity contribution is 0.468. The zero-order chi connectivity index (χ0) is 10.1. The van der Waals surface area contributed by atoms with Crippen LogP contribution in [0.4, 0.5) is 0 Å². The SMILES string of the molecule is C1=Cc2ccccc2[C@H](c2ccco2)N1. The Kier molecular flexibility index (Phi) is 1.85.